The Balaban J connectivity index is 2.03. The number of ether oxygens (including phenoxy) is 1. The van der Waals surface area contributed by atoms with Crippen LogP contribution in [0.5, 0.6) is 11.6 Å². The summed E-state index contributed by atoms with van der Waals surface area (Å²) in [4.78, 5) is 4.53. The molecular formula is C15H12Br2N2O. The Morgan fingerprint density at radius 2 is 2.10 bits per heavy atom. The van der Waals surface area contributed by atoms with Gasteiger partial charge in [-0.1, -0.05) is 37.9 Å². The van der Waals surface area contributed by atoms with Gasteiger partial charge in [0.15, 0.2) is 0 Å². The Morgan fingerprint density at radius 1 is 1.25 bits per heavy atom. The van der Waals surface area contributed by atoms with Crippen LogP contribution in [0.3, 0.4) is 0 Å². The van der Waals surface area contributed by atoms with E-state index in [1.165, 1.54) is 0 Å². The van der Waals surface area contributed by atoms with Gasteiger partial charge in [-0.15, -0.1) is 0 Å². The summed E-state index contributed by atoms with van der Waals surface area (Å²) in [6, 6.07) is 11.8. The molecule has 0 amide bonds. The maximum absolute atomic E-state index is 5.94. The molecule has 3 rings (SSSR count). The lowest BCUT2D eigenvalue weighted by molar-refractivity contribution is 0.461. The summed E-state index contributed by atoms with van der Waals surface area (Å²) in [5.41, 5.74) is 3.01. The normalized spacial score (nSPS) is 10.9. The molecule has 0 aliphatic carbocycles. The van der Waals surface area contributed by atoms with Crippen LogP contribution in [-0.4, -0.2) is 9.38 Å². The number of imidazole rings is 1. The molecular weight excluding hydrogens is 384 g/mol. The summed E-state index contributed by atoms with van der Waals surface area (Å²) >= 11 is 6.99. The summed E-state index contributed by atoms with van der Waals surface area (Å²) in [5, 5.41) is 0.684. The number of fused-ring (bicyclic) bond motifs is 1. The lowest BCUT2D eigenvalue weighted by Gasteiger charge is -2.06. The summed E-state index contributed by atoms with van der Waals surface area (Å²) in [7, 11) is 0. The van der Waals surface area contributed by atoms with Crippen LogP contribution >= 0.6 is 31.9 Å². The van der Waals surface area contributed by atoms with Crippen molar-refractivity contribution in [2.24, 2.45) is 0 Å². The highest BCUT2D eigenvalue weighted by Crippen LogP contribution is 2.29. The summed E-state index contributed by atoms with van der Waals surface area (Å²) in [6.45, 7) is 2.03. The minimum absolute atomic E-state index is 0.634. The zero-order chi connectivity index (χ0) is 14.1. The van der Waals surface area contributed by atoms with Gasteiger partial charge in [0, 0.05) is 16.0 Å². The number of alkyl halides is 1. The second-order valence-corrected chi connectivity index (χ2v) is 5.85. The third-order valence-electron chi connectivity index (χ3n) is 3.06. The van der Waals surface area contributed by atoms with Gasteiger partial charge in [0.05, 0.1) is 5.69 Å². The SMILES string of the molecule is Cc1cc(Oc2nc3ccccn3c2CBr)ccc1Br. The number of halogens is 2. The van der Waals surface area contributed by atoms with E-state index in [4.69, 9.17) is 4.74 Å². The minimum Gasteiger partial charge on any atom is -0.437 e. The third kappa shape index (κ3) is 2.47. The average molecular weight is 396 g/mol. The predicted octanol–water partition coefficient (Wildman–Crippen LogP) is 5.09. The van der Waals surface area contributed by atoms with Crippen LogP contribution in [0.1, 0.15) is 11.3 Å². The average Bonchev–Trinajstić information content (AvgIpc) is 2.80. The first-order valence-electron chi connectivity index (χ1n) is 6.15. The fraction of sp³-hybridized carbons (Fsp3) is 0.133. The fourth-order valence-corrected chi connectivity index (χ4v) is 2.78. The maximum Gasteiger partial charge on any atom is 0.242 e. The Kier molecular flexibility index (Phi) is 3.81. The molecule has 0 aliphatic rings. The number of hydrogen-bond acceptors (Lipinski definition) is 2. The molecule has 0 atom stereocenters. The van der Waals surface area contributed by atoms with Crippen LogP contribution < -0.4 is 4.74 Å². The van der Waals surface area contributed by atoms with E-state index in [1.54, 1.807) is 0 Å². The molecule has 20 heavy (non-hydrogen) atoms. The van der Waals surface area contributed by atoms with Crippen LogP contribution in [0.15, 0.2) is 47.1 Å². The quantitative estimate of drug-likeness (QED) is 0.577. The van der Waals surface area contributed by atoms with E-state index in [2.05, 4.69) is 36.8 Å². The van der Waals surface area contributed by atoms with Crippen LogP contribution in [0.2, 0.25) is 0 Å². The molecule has 0 saturated heterocycles. The molecule has 102 valence electrons. The standard InChI is InChI=1S/C15H12Br2N2O/c1-10-8-11(5-6-12(10)17)20-15-13(9-16)19-7-3-2-4-14(19)18-15/h2-8H,9H2,1H3. The zero-order valence-electron chi connectivity index (χ0n) is 10.8. The van der Waals surface area contributed by atoms with Crippen LogP contribution in [0.25, 0.3) is 5.65 Å². The number of hydrogen-bond donors (Lipinski definition) is 0. The van der Waals surface area contributed by atoms with E-state index in [-0.39, 0.29) is 0 Å². The molecule has 3 nitrogen and oxygen atoms in total. The smallest absolute Gasteiger partial charge is 0.242 e. The summed E-state index contributed by atoms with van der Waals surface area (Å²) in [5.74, 6) is 1.42. The van der Waals surface area contributed by atoms with Crippen molar-refractivity contribution in [2.45, 2.75) is 12.3 Å². The van der Waals surface area contributed by atoms with E-state index >= 15 is 0 Å². The van der Waals surface area contributed by atoms with E-state index < -0.39 is 0 Å². The largest absolute Gasteiger partial charge is 0.437 e. The zero-order valence-corrected chi connectivity index (χ0v) is 14.0. The molecule has 2 heterocycles. The van der Waals surface area contributed by atoms with Gasteiger partial charge >= 0.3 is 0 Å². The number of pyridine rings is 1. The molecule has 0 unspecified atom stereocenters. The van der Waals surface area contributed by atoms with Crippen molar-refractivity contribution in [2.75, 3.05) is 0 Å². The van der Waals surface area contributed by atoms with E-state index in [9.17, 15) is 0 Å². The van der Waals surface area contributed by atoms with Gasteiger partial charge in [-0.05, 0) is 42.8 Å². The second kappa shape index (κ2) is 5.58. The summed E-state index contributed by atoms with van der Waals surface area (Å²) in [6.07, 6.45) is 1.98. The predicted molar refractivity (Wildman–Crippen MR) is 86.8 cm³/mol. The topological polar surface area (TPSA) is 26.5 Å². The number of benzene rings is 1. The molecule has 0 spiro atoms. The Morgan fingerprint density at radius 3 is 2.85 bits per heavy atom. The van der Waals surface area contributed by atoms with Crippen molar-refractivity contribution in [3.63, 3.8) is 0 Å². The van der Waals surface area contributed by atoms with Gasteiger partial charge < -0.3 is 4.74 Å². The van der Waals surface area contributed by atoms with Crippen molar-refractivity contribution in [1.29, 1.82) is 0 Å². The molecule has 3 aromatic rings. The van der Waals surface area contributed by atoms with Crippen LogP contribution in [0.4, 0.5) is 0 Å². The first-order valence-corrected chi connectivity index (χ1v) is 8.06. The number of nitrogens with zero attached hydrogens (tertiary/aromatic N) is 2. The van der Waals surface area contributed by atoms with Gasteiger partial charge in [0.1, 0.15) is 11.4 Å². The lowest BCUT2D eigenvalue weighted by atomic mass is 10.2. The number of aryl methyl sites for hydroxylation is 1. The van der Waals surface area contributed by atoms with Gasteiger partial charge in [-0.2, -0.15) is 4.98 Å². The maximum atomic E-state index is 5.94. The van der Waals surface area contributed by atoms with Crippen molar-refractivity contribution in [3.05, 3.63) is 58.3 Å². The van der Waals surface area contributed by atoms with Gasteiger partial charge in [-0.25, -0.2) is 0 Å². The highest BCUT2D eigenvalue weighted by atomic mass is 79.9. The van der Waals surface area contributed by atoms with Gasteiger partial charge in [0.25, 0.3) is 0 Å². The first-order chi connectivity index (χ1) is 9.69. The van der Waals surface area contributed by atoms with Gasteiger partial charge in [-0.3, -0.25) is 4.40 Å². The first kappa shape index (κ1) is 13.6. The minimum atomic E-state index is 0.634. The Bertz CT molecular complexity index is 768. The molecule has 5 heteroatoms. The molecule has 0 radical (unpaired) electrons. The molecule has 0 N–H and O–H groups in total. The molecule has 0 fully saturated rings. The highest BCUT2D eigenvalue weighted by molar-refractivity contribution is 9.10. The molecule has 2 aromatic heterocycles. The van der Waals surface area contributed by atoms with Crippen molar-refractivity contribution < 1.29 is 4.74 Å². The van der Waals surface area contributed by atoms with E-state index in [0.29, 0.717) is 11.2 Å². The van der Waals surface area contributed by atoms with Crippen molar-refractivity contribution >= 4 is 37.5 Å². The van der Waals surface area contributed by atoms with Crippen LogP contribution in [-0.2, 0) is 5.33 Å². The molecule has 0 aliphatic heterocycles. The third-order valence-corrected chi connectivity index (χ3v) is 4.48. The van der Waals surface area contributed by atoms with E-state index in [1.807, 2.05) is 53.9 Å². The molecule has 0 saturated carbocycles. The van der Waals surface area contributed by atoms with Crippen molar-refractivity contribution in [3.8, 4) is 11.6 Å². The van der Waals surface area contributed by atoms with Crippen LogP contribution in [0, 0.1) is 6.92 Å². The van der Waals surface area contributed by atoms with Crippen molar-refractivity contribution in [1.82, 2.24) is 9.38 Å². The number of rotatable bonds is 3. The van der Waals surface area contributed by atoms with E-state index in [0.717, 1.165) is 27.1 Å². The molecule has 1 aromatic carbocycles. The fourth-order valence-electron chi connectivity index (χ4n) is 2.02. The lowest BCUT2D eigenvalue weighted by Crippen LogP contribution is -1.92. The Hall–Kier alpha value is -1.33. The highest BCUT2D eigenvalue weighted by Gasteiger charge is 2.13. The monoisotopic (exact) mass is 394 g/mol. The summed E-state index contributed by atoms with van der Waals surface area (Å²) < 4.78 is 9.03. The molecule has 0 bridgehead atoms. The number of aromatic nitrogens is 2. The van der Waals surface area contributed by atoms with Gasteiger partial charge in [0.2, 0.25) is 5.88 Å². The Labute approximate surface area is 133 Å². The second-order valence-electron chi connectivity index (χ2n) is 4.44.